The van der Waals surface area contributed by atoms with E-state index in [1.54, 1.807) is 37.4 Å². The summed E-state index contributed by atoms with van der Waals surface area (Å²) in [5, 5.41) is 1.13. The first-order chi connectivity index (χ1) is 10.6. The molecule has 22 heavy (non-hydrogen) atoms. The highest BCUT2D eigenvalue weighted by Crippen LogP contribution is 2.37. The summed E-state index contributed by atoms with van der Waals surface area (Å²) in [6.07, 6.45) is 2.14. The van der Waals surface area contributed by atoms with Crippen molar-refractivity contribution in [1.29, 1.82) is 0 Å². The molecule has 1 aromatic heterocycles. The fourth-order valence-electron chi connectivity index (χ4n) is 2.53. The highest BCUT2D eigenvalue weighted by Gasteiger charge is 2.30. The largest absolute Gasteiger partial charge is 0.493 e. The van der Waals surface area contributed by atoms with Gasteiger partial charge in [-0.2, -0.15) is 0 Å². The summed E-state index contributed by atoms with van der Waals surface area (Å²) in [7, 11) is 1.71. The van der Waals surface area contributed by atoms with Gasteiger partial charge in [0.1, 0.15) is 11.6 Å². The van der Waals surface area contributed by atoms with E-state index < -0.39 is 0 Å². The van der Waals surface area contributed by atoms with Gasteiger partial charge < -0.3 is 4.74 Å². The fourth-order valence-corrected chi connectivity index (χ4v) is 2.83. The van der Waals surface area contributed by atoms with Crippen LogP contribution in [0.3, 0.4) is 0 Å². The molecule has 2 heterocycles. The number of hydrogen-bond acceptors (Lipinski definition) is 3. The molecule has 0 bridgehead atoms. The van der Waals surface area contributed by atoms with E-state index in [0.717, 1.165) is 5.56 Å². The predicted molar refractivity (Wildman–Crippen MR) is 87.0 cm³/mol. The second-order valence-corrected chi connectivity index (χ2v) is 5.98. The Balaban J connectivity index is 1.90. The number of nitrogens with zero attached hydrogens (tertiary/aromatic N) is 2. The van der Waals surface area contributed by atoms with Crippen molar-refractivity contribution in [3.8, 4) is 5.75 Å². The molecule has 0 aliphatic carbocycles. The van der Waals surface area contributed by atoms with Crippen LogP contribution in [-0.4, -0.2) is 24.5 Å². The molecule has 0 fully saturated rings. The van der Waals surface area contributed by atoms with Gasteiger partial charge >= 0.3 is 0 Å². The Bertz CT molecular complexity index is 704. The van der Waals surface area contributed by atoms with Crippen LogP contribution in [0.25, 0.3) is 0 Å². The van der Waals surface area contributed by atoms with E-state index in [1.165, 1.54) is 11.1 Å². The van der Waals surface area contributed by atoms with Gasteiger partial charge in [0.2, 0.25) is 5.91 Å². The Morgan fingerprint density at radius 1 is 1.27 bits per heavy atom. The summed E-state index contributed by atoms with van der Waals surface area (Å²) in [6, 6.07) is 8.79. The van der Waals surface area contributed by atoms with E-state index in [2.05, 4.69) is 4.98 Å². The molecule has 0 saturated heterocycles. The number of amides is 1. The molecule has 0 saturated carbocycles. The number of carbonyl (C=O) groups is 1. The first kappa shape index (κ1) is 15.1. The Hall–Kier alpha value is -1.78. The third-order valence-corrected chi connectivity index (χ3v) is 4.15. The van der Waals surface area contributed by atoms with Crippen molar-refractivity contribution in [3.63, 3.8) is 0 Å². The zero-order valence-corrected chi connectivity index (χ0v) is 13.4. The van der Waals surface area contributed by atoms with Gasteiger partial charge in [0.15, 0.2) is 0 Å². The molecule has 1 amide bonds. The number of fused-ring (bicyclic) bond motifs is 1. The Morgan fingerprint density at radius 2 is 2.05 bits per heavy atom. The molecule has 2 aromatic rings. The SMILES string of the molecule is CN(C(=O)[C@@H]1CCOc2ccc(Cl)cc21)c1ccc(Cl)cn1. The van der Waals surface area contributed by atoms with Crippen molar-refractivity contribution >= 4 is 34.9 Å². The molecule has 114 valence electrons. The standard InChI is InChI=1S/C16H14Cl2N2O2/c1-20(15-5-3-11(18)9-19-15)16(21)12-6-7-22-14-4-2-10(17)8-13(12)14/h2-5,8-9,12H,6-7H2,1H3/t12-/m1/s1. The lowest BCUT2D eigenvalue weighted by atomic mass is 9.92. The second kappa shape index (κ2) is 6.15. The van der Waals surface area contributed by atoms with E-state index in [0.29, 0.717) is 34.6 Å². The summed E-state index contributed by atoms with van der Waals surface area (Å²) in [6.45, 7) is 0.507. The molecule has 4 nitrogen and oxygen atoms in total. The maximum Gasteiger partial charge on any atom is 0.235 e. The van der Waals surface area contributed by atoms with Crippen molar-refractivity contribution < 1.29 is 9.53 Å². The van der Waals surface area contributed by atoms with Crippen molar-refractivity contribution in [2.75, 3.05) is 18.6 Å². The maximum atomic E-state index is 12.8. The smallest absolute Gasteiger partial charge is 0.235 e. The van der Waals surface area contributed by atoms with Gasteiger partial charge in [0.05, 0.1) is 17.5 Å². The van der Waals surface area contributed by atoms with Crippen molar-refractivity contribution in [3.05, 3.63) is 52.1 Å². The van der Waals surface area contributed by atoms with Crippen molar-refractivity contribution in [1.82, 2.24) is 4.98 Å². The lowest BCUT2D eigenvalue weighted by Gasteiger charge is -2.28. The van der Waals surface area contributed by atoms with Gasteiger partial charge in [0.25, 0.3) is 0 Å². The van der Waals surface area contributed by atoms with E-state index >= 15 is 0 Å². The van der Waals surface area contributed by atoms with Crippen LogP contribution >= 0.6 is 23.2 Å². The van der Waals surface area contributed by atoms with Crippen LogP contribution in [0.1, 0.15) is 17.9 Å². The normalized spacial score (nSPS) is 16.6. The predicted octanol–water partition coefficient (Wildman–Crippen LogP) is 3.92. The zero-order valence-electron chi connectivity index (χ0n) is 11.9. The van der Waals surface area contributed by atoms with Gasteiger partial charge in [-0.05, 0) is 36.8 Å². The van der Waals surface area contributed by atoms with Crippen LogP contribution < -0.4 is 9.64 Å². The van der Waals surface area contributed by atoms with Gasteiger partial charge in [0, 0.05) is 23.8 Å². The summed E-state index contributed by atoms with van der Waals surface area (Å²) in [4.78, 5) is 18.5. The first-order valence-electron chi connectivity index (χ1n) is 6.87. The third kappa shape index (κ3) is 2.89. The molecular formula is C16H14Cl2N2O2. The molecule has 1 aliphatic heterocycles. The van der Waals surface area contributed by atoms with E-state index in [1.807, 2.05) is 0 Å². The molecule has 1 atom stereocenters. The molecule has 1 aromatic carbocycles. The van der Waals surface area contributed by atoms with E-state index in [-0.39, 0.29) is 11.8 Å². The summed E-state index contributed by atoms with van der Waals surface area (Å²) >= 11 is 11.9. The average Bonchev–Trinajstić information content (AvgIpc) is 2.53. The number of ether oxygens (including phenoxy) is 1. The molecule has 1 aliphatic rings. The monoisotopic (exact) mass is 336 g/mol. The Labute approximate surface area is 138 Å². The quantitative estimate of drug-likeness (QED) is 0.834. The summed E-state index contributed by atoms with van der Waals surface area (Å²) < 4.78 is 5.60. The van der Waals surface area contributed by atoms with Crippen LogP contribution in [0.2, 0.25) is 10.0 Å². The molecule has 0 radical (unpaired) electrons. The van der Waals surface area contributed by atoms with Crippen LogP contribution in [0, 0.1) is 0 Å². The van der Waals surface area contributed by atoms with Crippen molar-refractivity contribution in [2.45, 2.75) is 12.3 Å². The van der Waals surface area contributed by atoms with Crippen LogP contribution in [0.4, 0.5) is 5.82 Å². The number of pyridine rings is 1. The summed E-state index contributed by atoms with van der Waals surface area (Å²) in [5.41, 5.74) is 0.824. The number of benzene rings is 1. The lowest BCUT2D eigenvalue weighted by Crippen LogP contribution is -2.34. The minimum absolute atomic E-state index is 0.0401. The minimum Gasteiger partial charge on any atom is -0.493 e. The number of rotatable bonds is 2. The third-order valence-electron chi connectivity index (χ3n) is 3.70. The number of anilines is 1. The molecule has 0 N–H and O–H groups in total. The van der Waals surface area contributed by atoms with Crippen LogP contribution in [0.15, 0.2) is 36.5 Å². The second-order valence-electron chi connectivity index (χ2n) is 5.10. The number of carbonyl (C=O) groups excluding carboxylic acids is 1. The van der Waals surface area contributed by atoms with Gasteiger partial charge in [-0.3, -0.25) is 9.69 Å². The molecule has 6 heteroatoms. The molecule has 0 spiro atoms. The topological polar surface area (TPSA) is 42.4 Å². The molecule has 3 rings (SSSR count). The zero-order chi connectivity index (χ0) is 15.7. The fraction of sp³-hybridized carbons (Fsp3) is 0.250. The van der Waals surface area contributed by atoms with E-state index in [9.17, 15) is 4.79 Å². The number of likely N-dealkylation sites (N-methyl/N-ethyl adjacent to an activating group) is 1. The Morgan fingerprint density at radius 3 is 2.77 bits per heavy atom. The lowest BCUT2D eigenvalue weighted by molar-refractivity contribution is -0.120. The van der Waals surface area contributed by atoms with Gasteiger partial charge in [-0.15, -0.1) is 0 Å². The molecular weight excluding hydrogens is 323 g/mol. The highest BCUT2D eigenvalue weighted by atomic mass is 35.5. The highest BCUT2D eigenvalue weighted by molar-refractivity contribution is 6.31. The van der Waals surface area contributed by atoms with Gasteiger partial charge in [-0.25, -0.2) is 4.98 Å². The number of aromatic nitrogens is 1. The Kier molecular flexibility index (Phi) is 4.23. The molecule has 0 unspecified atom stereocenters. The summed E-state index contributed by atoms with van der Waals surface area (Å²) in [5.74, 6) is 0.947. The average molecular weight is 337 g/mol. The minimum atomic E-state index is -0.287. The first-order valence-corrected chi connectivity index (χ1v) is 7.63. The van der Waals surface area contributed by atoms with E-state index in [4.69, 9.17) is 27.9 Å². The van der Waals surface area contributed by atoms with Crippen LogP contribution in [-0.2, 0) is 4.79 Å². The number of hydrogen-bond donors (Lipinski definition) is 0. The van der Waals surface area contributed by atoms with Gasteiger partial charge in [-0.1, -0.05) is 23.2 Å². The van der Waals surface area contributed by atoms with Crippen molar-refractivity contribution in [2.24, 2.45) is 0 Å². The maximum absolute atomic E-state index is 12.8. The number of halogens is 2. The van der Waals surface area contributed by atoms with Crippen LogP contribution in [0.5, 0.6) is 5.75 Å².